The summed E-state index contributed by atoms with van der Waals surface area (Å²) in [5.74, 6) is 0.140. The van der Waals surface area contributed by atoms with Gasteiger partial charge < -0.3 is 9.67 Å². The number of carboxylic acids is 1. The quantitative estimate of drug-likeness (QED) is 0.808. The molecule has 1 fully saturated rings. The Balaban J connectivity index is 2.08. The molecule has 5 nitrogen and oxygen atoms in total. The zero-order chi connectivity index (χ0) is 13.3. The Morgan fingerprint density at radius 3 is 2.83 bits per heavy atom. The lowest BCUT2D eigenvalue weighted by Crippen LogP contribution is -2.51. The fourth-order valence-corrected chi connectivity index (χ4v) is 2.43. The summed E-state index contributed by atoms with van der Waals surface area (Å²) < 4.78 is 2.02. The van der Waals surface area contributed by atoms with Crippen molar-refractivity contribution in [1.29, 1.82) is 0 Å². The molecule has 2 rings (SSSR count). The first kappa shape index (κ1) is 13.1. The summed E-state index contributed by atoms with van der Waals surface area (Å²) >= 11 is 0. The van der Waals surface area contributed by atoms with Crippen LogP contribution in [0, 0.1) is 6.92 Å². The van der Waals surface area contributed by atoms with Gasteiger partial charge in [-0.25, -0.2) is 4.98 Å². The smallest absolute Gasteiger partial charge is 0.323 e. The highest BCUT2D eigenvalue weighted by Gasteiger charge is 2.39. The first-order chi connectivity index (χ1) is 8.42. The zero-order valence-electron chi connectivity index (χ0n) is 11.2. The third-order valence-corrected chi connectivity index (χ3v) is 3.61. The van der Waals surface area contributed by atoms with Crippen LogP contribution >= 0.6 is 0 Å². The minimum absolute atomic E-state index is 0.111. The van der Waals surface area contributed by atoms with E-state index in [9.17, 15) is 9.90 Å². The van der Waals surface area contributed by atoms with E-state index < -0.39 is 11.5 Å². The van der Waals surface area contributed by atoms with Gasteiger partial charge in [0.1, 0.15) is 11.4 Å². The second kappa shape index (κ2) is 4.72. The molecule has 1 aromatic rings. The predicted molar refractivity (Wildman–Crippen MR) is 68.5 cm³/mol. The molecule has 2 atom stereocenters. The van der Waals surface area contributed by atoms with E-state index in [2.05, 4.69) is 10.3 Å². The minimum atomic E-state index is -0.864. The highest BCUT2D eigenvalue weighted by molar-refractivity contribution is 5.78. The van der Waals surface area contributed by atoms with Crippen LogP contribution in [0.3, 0.4) is 0 Å². The normalized spacial score (nSPS) is 20.4. The molecule has 1 aromatic heterocycles. The summed E-state index contributed by atoms with van der Waals surface area (Å²) in [5.41, 5.74) is -0.864. The number of rotatable bonds is 6. The summed E-state index contributed by atoms with van der Waals surface area (Å²) in [6.07, 6.45) is 6.37. The van der Waals surface area contributed by atoms with Crippen molar-refractivity contribution in [2.45, 2.75) is 57.7 Å². The second-order valence-electron chi connectivity index (χ2n) is 5.49. The van der Waals surface area contributed by atoms with Gasteiger partial charge in [-0.05, 0) is 40.0 Å². The summed E-state index contributed by atoms with van der Waals surface area (Å²) in [4.78, 5) is 15.7. The van der Waals surface area contributed by atoms with Crippen molar-refractivity contribution >= 4 is 5.97 Å². The molecule has 0 aliphatic heterocycles. The van der Waals surface area contributed by atoms with E-state index in [1.807, 2.05) is 24.6 Å². The Labute approximate surface area is 107 Å². The van der Waals surface area contributed by atoms with Gasteiger partial charge in [0.15, 0.2) is 0 Å². The van der Waals surface area contributed by atoms with Crippen molar-refractivity contribution in [3.05, 3.63) is 18.2 Å². The average molecular weight is 251 g/mol. The number of hydrogen-bond acceptors (Lipinski definition) is 3. The van der Waals surface area contributed by atoms with Crippen LogP contribution < -0.4 is 5.32 Å². The van der Waals surface area contributed by atoms with E-state index in [0.717, 1.165) is 18.7 Å². The standard InChI is InChI=1S/C13H21N3O2/c1-9(16-7-6-14-10(16)2)8-13(3,12(17)18)15-11-4-5-11/h6-7,9,11,15H,4-5,8H2,1-3H3,(H,17,18). The molecule has 5 heteroatoms. The van der Waals surface area contributed by atoms with E-state index in [0.29, 0.717) is 12.5 Å². The van der Waals surface area contributed by atoms with E-state index in [1.165, 1.54) is 0 Å². The van der Waals surface area contributed by atoms with Gasteiger partial charge >= 0.3 is 5.97 Å². The van der Waals surface area contributed by atoms with Crippen molar-refractivity contribution in [1.82, 2.24) is 14.9 Å². The number of nitrogens with one attached hydrogen (secondary N) is 1. The van der Waals surface area contributed by atoms with Gasteiger partial charge in [-0.2, -0.15) is 0 Å². The molecule has 1 saturated carbocycles. The number of aryl methyl sites for hydroxylation is 1. The molecule has 2 unspecified atom stereocenters. The highest BCUT2D eigenvalue weighted by Crippen LogP contribution is 2.28. The summed E-state index contributed by atoms with van der Waals surface area (Å²) in [5, 5.41) is 12.7. The van der Waals surface area contributed by atoms with E-state index in [-0.39, 0.29) is 6.04 Å². The lowest BCUT2D eigenvalue weighted by atomic mass is 9.93. The van der Waals surface area contributed by atoms with Crippen molar-refractivity contribution in [3.63, 3.8) is 0 Å². The maximum atomic E-state index is 11.5. The average Bonchev–Trinajstić information content (AvgIpc) is 2.97. The lowest BCUT2D eigenvalue weighted by Gasteiger charge is -2.30. The zero-order valence-corrected chi connectivity index (χ0v) is 11.2. The lowest BCUT2D eigenvalue weighted by molar-refractivity contribution is -0.145. The Hall–Kier alpha value is -1.36. The number of aliphatic carboxylic acids is 1. The molecule has 1 aliphatic rings. The number of hydrogen-bond donors (Lipinski definition) is 2. The van der Waals surface area contributed by atoms with Gasteiger partial charge in [0.2, 0.25) is 0 Å². The van der Waals surface area contributed by atoms with Crippen LogP contribution in [-0.4, -0.2) is 32.2 Å². The second-order valence-corrected chi connectivity index (χ2v) is 5.49. The van der Waals surface area contributed by atoms with Crippen molar-refractivity contribution in [3.8, 4) is 0 Å². The largest absolute Gasteiger partial charge is 0.480 e. The number of aromatic nitrogens is 2. The van der Waals surface area contributed by atoms with Gasteiger partial charge in [0.05, 0.1) is 0 Å². The summed E-state index contributed by atoms with van der Waals surface area (Å²) in [6.45, 7) is 5.74. The molecule has 100 valence electrons. The minimum Gasteiger partial charge on any atom is -0.480 e. The van der Waals surface area contributed by atoms with E-state index in [1.54, 1.807) is 13.1 Å². The van der Waals surface area contributed by atoms with Gasteiger partial charge in [-0.15, -0.1) is 0 Å². The van der Waals surface area contributed by atoms with Gasteiger partial charge in [-0.1, -0.05) is 0 Å². The molecule has 0 aromatic carbocycles. The molecule has 2 N–H and O–H groups in total. The third kappa shape index (κ3) is 2.72. The first-order valence-corrected chi connectivity index (χ1v) is 6.43. The topological polar surface area (TPSA) is 67.2 Å². The molecule has 1 aliphatic carbocycles. The summed E-state index contributed by atoms with van der Waals surface area (Å²) in [6, 6.07) is 0.488. The molecule has 0 radical (unpaired) electrons. The van der Waals surface area contributed by atoms with Gasteiger partial charge in [-0.3, -0.25) is 10.1 Å². The Bertz CT molecular complexity index is 439. The third-order valence-electron chi connectivity index (χ3n) is 3.61. The maximum absolute atomic E-state index is 11.5. The molecule has 0 spiro atoms. The van der Waals surface area contributed by atoms with Crippen LogP contribution in [0.1, 0.15) is 45.0 Å². The fourth-order valence-electron chi connectivity index (χ4n) is 2.43. The van der Waals surface area contributed by atoms with Gasteiger partial charge in [0.25, 0.3) is 0 Å². The number of imidazole rings is 1. The highest BCUT2D eigenvalue weighted by atomic mass is 16.4. The number of carbonyl (C=O) groups is 1. The van der Waals surface area contributed by atoms with E-state index in [4.69, 9.17) is 0 Å². The fraction of sp³-hybridized carbons (Fsp3) is 0.692. The van der Waals surface area contributed by atoms with Crippen molar-refractivity contribution in [2.75, 3.05) is 0 Å². The van der Waals surface area contributed by atoms with Crippen molar-refractivity contribution in [2.24, 2.45) is 0 Å². The predicted octanol–water partition coefficient (Wildman–Crippen LogP) is 1.74. The van der Waals surface area contributed by atoms with Crippen LogP contribution in [-0.2, 0) is 4.79 Å². The maximum Gasteiger partial charge on any atom is 0.323 e. The van der Waals surface area contributed by atoms with Crippen LogP contribution in [0.5, 0.6) is 0 Å². The van der Waals surface area contributed by atoms with Crippen LogP contribution in [0.4, 0.5) is 0 Å². The number of carboxylic acid groups (broad SMARTS) is 1. The number of nitrogens with zero attached hydrogens (tertiary/aromatic N) is 2. The SMILES string of the molecule is Cc1nccn1C(C)CC(C)(NC1CC1)C(=O)O. The molecule has 0 bridgehead atoms. The van der Waals surface area contributed by atoms with Crippen LogP contribution in [0.2, 0.25) is 0 Å². The Morgan fingerprint density at radius 2 is 2.39 bits per heavy atom. The molecule has 18 heavy (non-hydrogen) atoms. The van der Waals surface area contributed by atoms with Gasteiger partial charge in [0, 0.05) is 24.5 Å². The van der Waals surface area contributed by atoms with Crippen molar-refractivity contribution < 1.29 is 9.90 Å². The molecule has 0 saturated heterocycles. The Morgan fingerprint density at radius 1 is 1.72 bits per heavy atom. The summed E-state index contributed by atoms with van der Waals surface area (Å²) in [7, 11) is 0. The first-order valence-electron chi connectivity index (χ1n) is 6.43. The molecule has 0 amide bonds. The Kier molecular flexibility index (Phi) is 3.43. The molecular weight excluding hydrogens is 230 g/mol. The molecule has 1 heterocycles. The van der Waals surface area contributed by atoms with E-state index >= 15 is 0 Å². The molecular formula is C13H21N3O2. The monoisotopic (exact) mass is 251 g/mol. The van der Waals surface area contributed by atoms with Crippen LogP contribution in [0.15, 0.2) is 12.4 Å². The van der Waals surface area contributed by atoms with Crippen LogP contribution in [0.25, 0.3) is 0 Å².